The smallest absolute Gasteiger partial charge is 0.225 e. The molecule has 3 unspecified atom stereocenters. The van der Waals surface area contributed by atoms with E-state index in [0.29, 0.717) is 29.4 Å². The van der Waals surface area contributed by atoms with E-state index >= 15 is 0 Å². The average molecular weight is 547 g/mol. The van der Waals surface area contributed by atoms with Gasteiger partial charge in [0, 0.05) is 55.2 Å². The molecular weight excluding hydrogens is 515 g/mol. The number of hydrogen-bond donors (Lipinski definition) is 0. The Hall–Kier alpha value is -3.63. The lowest BCUT2D eigenvalue weighted by molar-refractivity contribution is -0.138. The van der Waals surface area contributed by atoms with Crippen LogP contribution < -0.4 is 9.64 Å². The van der Waals surface area contributed by atoms with E-state index in [1.165, 1.54) is 12.1 Å². The molecule has 2 fully saturated rings. The summed E-state index contributed by atoms with van der Waals surface area (Å²) in [5.74, 6) is 1.67. The fourth-order valence-corrected chi connectivity index (χ4v) is 5.99. The van der Waals surface area contributed by atoms with Gasteiger partial charge in [-0.3, -0.25) is 4.79 Å². The fraction of sp³-hybridized carbons (Fsp3) is 0.387. The number of likely N-dealkylation sites (tertiary alicyclic amines) is 1. The van der Waals surface area contributed by atoms with Gasteiger partial charge in [0.2, 0.25) is 5.91 Å². The minimum absolute atomic E-state index is 0.0186. The molecule has 0 bridgehead atoms. The summed E-state index contributed by atoms with van der Waals surface area (Å²) >= 11 is 6.18. The number of ether oxygens (including phenoxy) is 1. The topological polar surface area (TPSA) is 69.5 Å². The molecule has 0 aliphatic carbocycles. The quantitative estimate of drug-likeness (QED) is 0.376. The SMILES string of the molecule is CC(Oc1ccc(F)cc1)C1CCN(C(=O)C2CCN(c3ccc(C#N)cn3)CC2)CC1c1ccc(Cl)cc1. The first-order valence-electron chi connectivity index (χ1n) is 13.5. The van der Waals surface area contributed by atoms with E-state index in [2.05, 4.69) is 22.9 Å². The molecule has 39 heavy (non-hydrogen) atoms. The van der Waals surface area contributed by atoms with E-state index in [4.69, 9.17) is 21.6 Å². The molecule has 202 valence electrons. The van der Waals surface area contributed by atoms with E-state index < -0.39 is 0 Å². The van der Waals surface area contributed by atoms with Crippen LogP contribution in [0.5, 0.6) is 5.75 Å². The molecule has 0 radical (unpaired) electrons. The molecule has 8 heteroatoms. The van der Waals surface area contributed by atoms with Crippen molar-refractivity contribution in [3.05, 3.63) is 88.8 Å². The molecule has 3 aromatic rings. The largest absolute Gasteiger partial charge is 0.490 e. The number of piperidine rings is 2. The number of anilines is 1. The van der Waals surface area contributed by atoms with Gasteiger partial charge in [0.25, 0.3) is 0 Å². The van der Waals surface area contributed by atoms with Gasteiger partial charge < -0.3 is 14.5 Å². The summed E-state index contributed by atoms with van der Waals surface area (Å²) in [6, 6.07) is 19.7. The molecule has 0 saturated carbocycles. The summed E-state index contributed by atoms with van der Waals surface area (Å²) in [6.07, 6.45) is 3.84. The van der Waals surface area contributed by atoms with Crippen molar-refractivity contribution >= 4 is 23.3 Å². The van der Waals surface area contributed by atoms with Crippen molar-refractivity contribution in [2.45, 2.75) is 38.2 Å². The molecular formula is C31H32ClFN4O2. The maximum absolute atomic E-state index is 13.7. The maximum Gasteiger partial charge on any atom is 0.225 e. The van der Waals surface area contributed by atoms with E-state index in [0.717, 1.165) is 43.7 Å². The van der Waals surface area contributed by atoms with E-state index in [1.807, 2.05) is 35.2 Å². The number of hydrogen-bond acceptors (Lipinski definition) is 5. The summed E-state index contributed by atoms with van der Waals surface area (Å²) in [5, 5.41) is 9.69. The molecule has 5 rings (SSSR count). The highest BCUT2D eigenvalue weighted by atomic mass is 35.5. The van der Waals surface area contributed by atoms with Gasteiger partial charge in [0.15, 0.2) is 0 Å². The van der Waals surface area contributed by atoms with Crippen molar-refractivity contribution in [2.24, 2.45) is 11.8 Å². The summed E-state index contributed by atoms with van der Waals surface area (Å²) in [5.41, 5.74) is 1.68. The van der Waals surface area contributed by atoms with Crippen LogP contribution in [0.15, 0.2) is 66.9 Å². The third kappa shape index (κ3) is 6.34. The van der Waals surface area contributed by atoms with Crippen LogP contribution in [0.4, 0.5) is 10.2 Å². The van der Waals surface area contributed by atoms with Crippen LogP contribution >= 0.6 is 11.6 Å². The maximum atomic E-state index is 13.7. The number of nitrogens with zero attached hydrogens (tertiary/aromatic N) is 4. The van der Waals surface area contributed by atoms with Crippen molar-refractivity contribution in [3.63, 3.8) is 0 Å². The lowest BCUT2D eigenvalue weighted by Gasteiger charge is -2.43. The van der Waals surface area contributed by atoms with Crippen molar-refractivity contribution < 1.29 is 13.9 Å². The predicted molar refractivity (Wildman–Crippen MR) is 149 cm³/mol. The van der Waals surface area contributed by atoms with Crippen LogP contribution in [-0.2, 0) is 4.79 Å². The van der Waals surface area contributed by atoms with Crippen molar-refractivity contribution in [1.29, 1.82) is 5.26 Å². The Bertz CT molecular complexity index is 1300. The summed E-state index contributed by atoms with van der Waals surface area (Å²) < 4.78 is 19.6. The number of rotatable bonds is 6. The van der Waals surface area contributed by atoms with Crippen LogP contribution in [0.3, 0.4) is 0 Å². The summed E-state index contributed by atoms with van der Waals surface area (Å²) in [7, 11) is 0. The van der Waals surface area contributed by atoms with Gasteiger partial charge in [-0.2, -0.15) is 5.26 Å². The third-order valence-electron chi connectivity index (χ3n) is 8.06. The zero-order valence-electron chi connectivity index (χ0n) is 22.0. The summed E-state index contributed by atoms with van der Waals surface area (Å²) in [4.78, 5) is 22.3. The van der Waals surface area contributed by atoms with Crippen LogP contribution in [0.2, 0.25) is 5.02 Å². The first-order valence-corrected chi connectivity index (χ1v) is 13.9. The molecule has 0 N–H and O–H groups in total. The third-order valence-corrected chi connectivity index (χ3v) is 8.31. The Labute approximate surface area is 234 Å². The summed E-state index contributed by atoms with van der Waals surface area (Å²) in [6.45, 7) is 4.88. The molecule has 2 aliphatic heterocycles. The number of nitriles is 1. The monoisotopic (exact) mass is 546 g/mol. The van der Waals surface area contributed by atoms with Gasteiger partial charge in [0.1, 0.15) is 23.5 Å². The first kappa shape index (κ1) is 27.0. The Morgan fingerprint density at radius 3 is 2.41 bits per heavy atom. The van der Waals surface area contributed by atoms with Gasteiger partial charge in [0.05, 0.1) is 11.7 Å². The fourth-order valence-electron chi connectivity index (χ4n) is 5.86. The highest BCUT2D eigenvalue weighted by Gasteiger charge is 2.38. The van der Waals surface area contributed by atoms with Gasteiger partial charge >= 0.3 is 0 Å². The predicted octanol–water partition coefficient (Wildman–Crippen LogP) is 6.06. The minimum atomic E-state index is -0.292. The zero-order chi connectivity index (χ0) is 27.4. The van der Waals surface area contributed by atoms with Crippen LogP contribution in [0.25, 0.3) is 0 Å². The Morgan fingerprint density at radius 2 is 1.77 bits per heavy atom. The van der Waals surface area contributed by atoms with Gasteiger partial charge in [-0.25, -0.2) is 9.37 Å². The molecule has 6 nitrogen and oxygen atoms in total. The highest BCUT2D eigenvalue weighted by molar-refractivity contribution is 6.30. The zero-order valence-corrected chi connectivity index (χ0v) is 22.7. The van der Waals surface area contributed by atoms with Gasteiger partial charge in [-0.1, -0.05) is 23.7 Å². The number of benzene rings is 2. The Kier molecular flexibility index (Phi) is 8.33. The van der Waals surface area contributed by atoms with Gasteiger partial charge in [-0.15, -0.1) is 0 Å². The molecule has 1 aromatic heterocycles. The number of carbonyl (C=O) groups excluding carboxylic acids is 1. The second kappa shape index (κ2) is 12.0. The van der Waals surface area contributed by atoms with Crippen LogP contribution in [0.1, 0.15) is 43.2 Å². The molecule has 2 saturated heterocycles. The molecule has 3 heterocycles. The van der Waals surface area contributed by atoms with Crippen molar-refractivity contribution in [3.8, 4) is 11.8 Å². The molecule has 2 aliphatic rings. The Balaban J connectivity index is 1.25. The molecule has 1 amide bonds. The number of aromatic nitrogens is 1. The van der Waals surface area contributed by atoms with Gasteiger partial charge in [-0.05, 0) is 80.3 Å². The number of halogens is 2. The normalized spacial score (nSPS) is 20.8. The first-order chi connectivity index (χ1) is 18.9. The van der Waals surface area contributed by atoms with Crippen molar-refractivity contribution in [2.75, 3.05) is 31.1 Å². The molecule has 2 aromatic carbocycles. The van der Waals surface area contributed by atoms with Crippen LogP contribution in [-0.4, -0.2) is 48.1 Å². The molecule has 3 atom stereocenters. The lowest BCUT2D eigenvalue weighted by atomic mass is 9.77. The van der Waals surface area contributed by atoms with Crippen LogP contribution in [0, 0.1) is 29.0 Å². The lowest BCUT2D eigenvalue weighted by Crippen LogP contribution is -2.49. The average Bonchev–Trinajstić information content (AvgIpc) is 2.98. The minimum Gasteiger partial charge on any atom is -0.490 e. The standard InChI is InChI=1S/C31H32ClFN4O2/c1-21(39-27-9-7-26(33)8-10-27)28-14-17-37(20-29(28)23-3-5-25(32)6-4-23)31(38)24-12-15-36(16-13-24)30-11-2-22(18-34)19-35-30/h2-11,19,21,24,28-29H,12-17,20H2,1H3. The van der Waals surface area contributed by atoms with E-state index in [-0.39, 0.29) is 35.6 Å². The second-order valence-corrected chi connectivity index (χ2v) is 10.9. The number of amides is 1. The number of carbonyl (C=O) groups is 1. The van der Waals surface area contributed by atoms with E-state index in [1.54, 1.807) is 24.4 Å². The second-order valence-electron chi connectivity index (χ2n) is 10.4. The van der Waals surface area contributed by atoms with Crippen molar-refractivity contribution in [1.82, 2.24) is 9.88 Å². The van der Waals surface area contributed by atoms with E-state index in [9.17, 15) is 9.18 Å². The molecule has 0 spiro atoms. The Morgan fingerprint density at radius 1 is 1.05 bits per heavy atom. The highest BCUT2D eigenvalue weighted by Crippen LogP contribution is 2.38. The number of pyridine rings is 1.